The Kier molecular flexibility index (Phi) is 4.55. The van der Waals surface area contributed by atoms with Crippen molar-refractivity contribution in [1.82, 2.24) is 4.90 Å². The molecule has 0 spiro atoms. The van der Waals surface area contributed by atoms with E-state index >= 15 is 0 Å². The van der Waals surface area contributed by atoms with Gasteiger partial charge in [-0.1, -0.05) is 0 Å². The fourth-order valence-corrected chi connectivity index (χ4v) is 1.71. The fourth-order valence-electron chi connectivity index (χ4n) is 1.71. The van der Waals surface area contributed by atoms with E-state index in [0.29, 0.717) is 19.7 Å². The van der Waals surface area contributed by atoms with E-state index in [4.69, 9.17) is 4.74 Å². The summed E-state index contributed by atoms with van der Waals surface area (Å²) < 4.78 is 9.52. The molecule has 0 aromatic carbocycles. The Morgan fingerprint density at radius 1 is 1.53 bits per heavy atom. The molecule has 1 fully saturated rings. The van der Waals surface area contributed by atoms with E-state index in [1.807, 2.05) is 0 Å². The Morgan fingerprint density at radius 3 is 2.87 bits per heavy atom. The van der Waals surface area contributed by atoms with Gasteiger partial charge in [-0.2, -0.15) is 0 Å². The molecular weight excluding hydrogens is 198 g/mol. The SMILES string of the molecule is COCCCN1CC(C(=O)OC)CC1=O. The molecule has 5 heteroatoms. The maximum atomic E-state index is 11.5. The largest absolute Gasteiger partial charge is 0.469 e. The van der Waals surface area contributed by atoms with Gasteiger partial charge in [0.05, 0.1) is 13.0 Å². The van der Waals surface area contributed by atoms with Gasteiger partial charge in [0.2, 0.25) is 5.91 Å². The van der Waals surface area contributed by atoms with Gasteiger partial charge >= 0.3 is 5.97 Å². The van der Waals surface area contributed by atoms with Crippen molar-refractivity contribution >= 4 is 11.9 Å². The fraction of sp³-hybridized carbons (Fsp3) is 0.800. The summed E-state index contributed by atoms with van der Waals surface area (Å²) >= 11 is 0. The van der Waals surface area contributed by atoms with Crippen LogP contribution in [0.1, 0.15) is 12.8 Å². The summed E-state index contributed by atoms with van der Waals surface area (Å²) in [5.74, 6) is -0.552. The highest BCUT2D eigenvalue weighted by Crippen LogP contribution is 2.18. The van der Waals surface area contributed by atoms with E-state index < -0.39 is 0 Å². The Morgan fingerprint density at radius 2 is 2.27 bits per heavy atom. The van der Waals surface area contributed by atoms with Gasteiger partial charge in [-0.15, -0.1) is 0 Å². The number of carbonyl (C=O) groups excluding carboxylic acids is 2. The Hall–Kier alpha value is -1.10. The molecule has 0 aliphatic carbocycles. The third-order valence-corrected chi connectivity index (χ3v) is 2.53. The molecule has 1 aliphatic heterocycles. The van der Waals surface area contributed by atoms with E-state index in [0.717, 1.165) is 6.42 Å². The summed E-state index contributed by atoms with van der Waals surface area (Å²) in [7, 11) is 2.98. The first-order chi connectivity index (χ1) is 7.19. The third kappa shape index (κ3) is 3.20. The van der Waals surface area contributed by atoms with Crippen molar-refractivity contribution in [3.05, 3.63) is 0 Å². The molecule has 0 aromatic rings. The Bertz CT molecular complexity index is 242. The zero-order valence-electron chi connectivity index (χ0n) is 9.19. The average molecular weight is 215 g/mol. The van der Waals surface area contributed by atoms with Crippen LogP contribution in [-0.4, -0.2) is 50.7 Å². The topological polar surface area (TPSA) is 55.8 Å². The second-order valence-electron chi connectivity index (χ2n) is 3.61. The highest BCUT2D eigenvalue weighted by Gasteiger charge is 2.34. The number of hydrogen-bond acceptors (Lipinski definition) is 4. The number of rotatable bonds is 5. The van der Waals surface area contributed by atoms with Crippen LogP contribution in [0.3, 0.4) is 0 Å². The summed E-state index contributed by atoms with van der Waals surface area (Å²) in [5, 5.41) is 0. The molecule has 5 nitrogen and oxygen atoms in total. The van der Waals surface area contributed by atoms with Crippen molar-refractivity contribution in [1.29, 1.82) is 0 Å². The number of amides is 1. The summed E-state index contributed by atoms with van der Waals surface area (Å²) in [5.41, 5.74) is 0. The normalized spacial score (nSPS) is 20.8. The van der Waals surface area contributed by atoms with Crippen molar-refractivity contribution < 1.29 is 19.1 Å². The Labute approximate surface area is 89.3 Å². The average Bonchev–Trinajstić information content (AvgIpc) is 2.60. The minimum absolute atomic E-state index is 0.0292. The van der Waals surface area contributed by atoms with Crippen LogP contribution in [0, 0.1) is 5.92 Å². The second-order valence-corrected chi connectivity index (χ2v) is 3.61. The molecule has 0 radical (unpaired) electrons. The quantitative estimate of drug-likeness (QED) is 0.480. The predicted molar refractivity (Wildman–Crippen MR) is 53.2 cm³/mol. The van der Waals surface area contributed by atoms with Gasteiger partial charge in [0.1, 0.15) is 0 Å². The predicted octanol–water partition coefficient (Wildman–Crippen LogP) is 0.0444. The summed E-state index contributed by atoms with van der Waals surface area (Å²) in [4.78, 5) is 24.4. The number of methoxy groups -OCH3 is 2. The lowest BCUT2D eigenvalue weighted by Gasteiger charge is -2.15. The standard InChI is InChI=1S/C10H17NO4/c1-14-5-3-4-11-7-8(6-9(11)12)10(13)15-2/h8H,3-7H2,1-2H3. The smallest absolute Gasteiger partial charge is 0.310 e. The molecule has 1 rings (SSSR count). The first kappa shape index (κ1) is 12.0. The lowest BCUT2D eigenvalue weighted by Crippen LogP contribution is -2.28. The van der Waals surface area contributed by atoms with Crippen LogP contribution < -0.4 is 0 Å². The third-order valence-electron chi connectivity index (χ3n) is 2.53. The van der Waals surface area contributed by atoms with Crippen LogP contribution in [0.5, 0.6) is 0 Å². The van der Waals surface area contributed by atoms with Gasteiger partial charge in [0.25, 0.3) is 0 Å². The molecule has 1 saturated heterocycles. The molecule has 86 valence electrons. The van der Waals surface area contributed by atoms with Crippen LogP contribution in [0.4, 0.5) is 0 Å². The van der Waals surface area contributed by atoms with Gasteiger partial charge in [-0.25, -0.2) is 0 Å². The molecule has 1 heterocycles. The molecule has 1 amide bonds. The highest BCUT2D eigenvalue weighted by atomic mass is 16.5. The van der Waals surface area contributed by atoms with Crippen molar-refractivity contribution in [2.45, 2.75) is 12.8 Å². The van der Waals surface area contributed by atoms with Gasteiger partial charge in [-0.3, -0.25) is 9.59 Å². The Balaban J connectivity index is 2.35. The molecule has 0 bridgehead atoms. The lowest BCUT2D eigenvalue weighted by atomic mass is 10.1. The van der Waals surface area contributed by atoms with Gasteiger partial charge in [0.15, 0.2) is 0 Å². The molecular formula is C10H17NO4. The van der Waals surface area contributed by atoms with E-state index in [9.17, 15) is 9.59 Å². The second kappa shape index (κ2) is 5.70. The van der Waals surface area contributed by atoms with Gasteiger partial charge in [0, 0.05) is 33.2 Å². The van der Waals surface area contributed by atoms with Crippen LogP contribution in [0.25, 0.3) is 0 Å². The highest BCUT2D eigenvalue weighted by molar-refractivity contribution is 5.86. The van der Waals surface area contributed by atoms with Crippen LogP contribution in [0.2, 0.25) is 0 Å². The summed E-state index contributed by atoms with van der Waals surface area (Å²) in [6.45, 7) is 1.77. The number of hydrogen-bond donors (Lipinski definition) is 0. The van der Waals surface area contributed by atoms with Crippen LogP contribution >= 0.6 is 0 Å². The van der Waals surface area contributed by atoms with Gasteiger partial charge < -0.3 is 14.4 Å². The summed E-state index contributed by atoms with van der Waals surface area (Å²) in [6.07, 6.45) is 1.08. The maximum Gasteiger partial charge on any atom is 0.310 e. The van der Waals surface area contributed by atoms with Crippen molar-refractivity contribution in [2.75, 3.05) is 33.9 Å². The lowest BCUT2D eigenvalue weighted by molar-refractivity contribution is -0.145. The molecule has 1 unspecified atom stereocenters. The van der Waals surface area contributed by atoms with E-state index in [1.54, 1.807) is 12.0 Å². The monoisotopic (exact) mass is 215 g/mol. The molecule has 0 saturated carbocycles. The van der Waals surface area contributed by atoms with Crippen molar-refractivity contribution in [3.8, 4) is 0 Å². The minimum Gasteiger partial charge on any atom is -0.469 e. The molecule has 15 heavy (non-hydrogen) atoms. The number of likely N-dealkylation sites (tertiary alicyclic amines) is 1. The van der Waals surface area contributed by atoms with E-state index in [-0.39, 0.29) is 24.2 Å². The van der Waals surface area contributed by atoms with Crippen LogP contribution in [0.15, 0.2) is 0 Å². The first-order valence-electron chi connectivity index (χ1n) is 5.03. The van der Waals surface area contributed by atoms with Crippen molar-refractivity contribution in [3.63, 3.8) is 0 Å². The number of nitrogens with zero attached hydrogens (tertiary/aromatic N) is 1. The number of ether oxygens (including phenoxy) is 2. The van der Waals surface area contributed by atoms with E-state index in [1.165, 1.54) is 7.11 Å². The van der Waals surface area contributed by atoms with Crippen LogP contribution in [-0.2, 0) is 19.1 Å². The molecule has 1 aliphatic rings. The zero-order chi connectivity index (χ0) is 11.3. The van der Waals surface area contributed by atoms with Crippen molar-refractivity contribution in [2.24, 2.45) is 5.92 Å². The summed E-state index contributed by atoms with van der Waals surface area (Å²) in [6, 6.07) is 0. The van der Waals surface area contributed by atoms with Gasteiger partial charge in [-0.05, 0) is 6.42 Å². The molecule has 0 N–H and O–H groups in total. The number of carbonyl (C=O) groups is 2. The van der Waals surface area contributed by atoms with E-state index in [2.05, 4.69) is 4.74 Å². The first-order valence-corrected chi connectivity index (χ1v) is 5.03. The zero-order valence-corrected chi connectivity index (χ0v) is 9.19. The number of esters is 1. The minimum atomic E-state index is -0.294. The molecule has 1 atom stereocenters. The molecule has 0 aromatic heterocycles. The maximum absolute atomic E-state index is 11.5.